The second kappa shape index (κ2) is 7.09. The zero-order chi connectivity index (χ0) is 19.9. The maximum absolute atomic E-state index is 13.2. The standard InChI is InChI=1S/C20H20F3N3O2/c1-28-18-5-4-12(9-15(18)20(21,22)23)19(27)25-13-10-14-16(24-11-13)6-8-26-7-2-3-17(14)26/h4-5,9-11,17H,2-3,6-8H2,1H3,(H,25,27). The van der Waals surface area contributed by atoms with Gasteiger partial charge in [-0.2, -0.15) is 13.2 Å². The Kier molecular flexibility index (Phi) is 4.74. The van der Waals surface area contributed by atoms with Gasteiger partial charge in [0.2, 0.25) is 0 Å². The number of halogens is 3. The number of anilines is 1. The van der Waals surface area contributed by atoms with E-state index in [-0.39, 0.29) is 11.3 Å². The van der Waals surface area contributed by atoms with Gasteiger partial charge in [-0.05, 0) is 49.2 Å². The number of amides is 1. The summed E-state index contributed by atoms with van der Waals surface area (Å²) in [5.41, 5.74) is 1.56. The number of aromatic nitrogens is 1. The fourth-order valence-electron chi connectivity index (χ4n) is 4.05. The molecule has 5 nitrogen and oxygen atoms in total. The molecule has 148 valence electrons. The van der Waals surface area contributed by atoms with Crippen LogP contribution in [0.3, 0.4) is 0 Å². The van der Waals surface area contributed by atoms with E-state index in [4.69, 9.17) is 4.74 Å². The number of hydrogen-bond donors (Lipinski definition) is 1. The number of methoxy groups -OCH3 is 1. The molecule has 1 atom stereocenters. The minimum atomic E-state index is -4.61. The van der Waals surface area contributed by atoms with Crippen LogP contribution < -0.4 is 10.1 Å². The Bertz CT molecular complexity index is 914. The van der Waals surface area contributed by atoms with E-state index in [1.54, 1.807) is 6.20 Å². The van der Waals surface area contributed by atoms with Crippen LogP contribution in [-0.4, -0.2) is 36.0 Å². The van der Waals surface area contributed by atoms with E-state index >= 15 is 0 Å². The Morgan fingerprint density at radius 2 is 2.11 bits per heavy atom. The van der Waals surface area contributed by atoms with Crippen molar-refractivity contribution in [3.63, 3.8) is 0 Å². The summed E-state index contributed by atoms with van der Waals surface area (Å²) >= 11 is 0. The summed E-state index contributed by atoms with van der Waals surface area (Å²) in [7, 11) is 1.16. The zero-order valence-corrected chi connectivity index (χ0v) is 15.3. The maximum atomic E-state index is 13.2. The van der Waals surface area contributed by atoms with Crippen LogP contribution in [0, 0.1) is 0 Å². The summed E-state index contributed by atoms with van der Waals surface area (Å²) in [4.78, 5) is 19.4. The summed E-state index contributed by atoms with van der Waals surface area (Å²) in [6.45, 7) is 2.05. The number of alkyl halides is 3. The third-order valence-electron chi connectivity index (χ3n) is 5.39. The predicted octanol–water partition coefficient (Wildman–Crippen LogP) is 4.05. The predicted molar refractivity (Wildman–Crippen MR) is 97.4 cm³/mol. The fourth-order valence-corrected chi connectivity index (χ4v) is 4.05. The van der Waals surface area contributed by atoms with Crippen LogP contribution in [0.1, 0.15) is 46.1 Å². The van der Waals surface area contributed by atoms with Crippen molar-refractivity contribution < 1.29 is 22.7 Å². The van der Waals surface area contributed by atoms with Crippen molar-refractivity contribution in [3.05, 3.63) is 52.8 Å². The van der Waals surface area contributed by atoms with E-state index in [2.05, 4.69) is 15.2 Å². The lowest BCUT2D eigenvalue weighted by Crippen LogP contribution is -2.31. The second-order valence-electron chi connectivity index (χ2n) is 7.07. The largest absolute Gasteiger partial charge is 0.496 e. The van der Waals surface area contributed by atoms with Gasteiger partial charge in [0.05, 0.1) is 24.6 Å². The maximum Gasteiger partial charge on any atom is 0.419 e. The molecule has 1 aromatic heterocycles. The second-order valence-corrected chi connectivity index (χ2v) is 7.07. The highest BCUT2D eigenvalue weighted by atomic mass is 19.4. The van der Waals surface area contributed by atoms with Gasteiger partial charge in [-0.25, -0.2) is 0 Å². The number of rotatable bonds is 3. The number of hydrogen-bond acceptors (Lipinski definition) is 4. The monoisotopic (exact) mass is 391 g/mol. The molecule has 3 heterocycles. The lowest BCUT2D eigenvalue weighted by molar-refractivity contribution is -0.138. The van der Waals surface area contributed by atoms with E-state index in [1.807, 2.05) is 6.07 Å². The highest BCUT2D eigenvalue weighted by molar-refractivity contribution is 6.04. The first kappa shape index (κ1) is 18.7. The third kappa shape index (κ3) is 3.44. The lowest BCUT2D eigenvalue weighted by atomic mass is 9.97. The molecule has 1 saturated heterocycles. The van der Waals surface area contributed by atoms with Gasteiger partial charge >= 0.3 is 6.18 Å². The van der Waals surface area contributed by atoms with Crippen LogP contribution in [-0.2, 0) is 12.6 Å². The van der Waals surface area contributed by atoms with Gasteiger partial charge in [-0.1, -0.05) is 0 Å². The molecule has 1 unspecified atom stereocenters. The smallest absolute Gasteiger partial charge is 0.419 e. The molecule has 28 heavy (non-hydrogen) atoms. The molecule has 2 aliphatic rings. The number of fused-ring (bicyclic) bond motifs is 3. The molecule has 1 N–H and O–H groups in total. The fraction of sp³-hybridized carbons (Fsp3) is 0.400. The number of carbonyl (C=O) groups excluding carboxylic acids is 1. The van der Waals surface area contributed by atoms with Crippen LogP contribution in [0.25, 0.3) is 0 Å². The lowest BCUT2D eigenvalue weighted by Gasteiger charge is -2.31. The van der Waals surface area contributed by atoms with Crippen LogP contribution in [0.4, 0.5) is 18.9 Å². The first-order valence-corrected chi connectivity index (χ1v) is 9.16. The van der Waals surface area contributed by atoms with Crippen molar-refractivity contribution in [1.82, 2.24) is 9.88 Å². The van der Waals surface area contributed by atoms with Gasteiger partial charge in [0.15, 0.2) is 0 Å². The van der Waals surface area contributed by atoms with Gasteiger partial charge in [0.1, 0.15) is 5.75 Å². The number of nitrogens with zero attached hydrogens (tertiary/aromatic N) is 2. The van der Waals surface area contributed by atoms with Gasteiger partial charge < -0.3 is 10.1 Å². The minimum Gasteiger partial charge on any atom is -0.496 e. The van der Waals surface area contributed by atoms with Gasteiger partial charge in [-0.3, -0.25) is 14.7 Å². The first-order valence-electron chi connectivity index (χ1n) is 9.16. The summed E-state index contributed by atoms with van der Waals surface area (Å²) in [5.74, 6) is -0.935. The average Bonchev–Trinajstić information content (AvgIpc) is 3.16. The number of nitrogens with one attached hydrogen (secondary N) is 1. The number of benzene rings is 1. The summed E-state index contributed by atoms with van der Waals surface area (Å²) < 4.78 is 44.3. The number of pyridine rings is 1. The molecule has 0 aliphatic carbocycles. The molecule has 2 aliphatic heterocycles. The van der Waals surface area contributed by atoms with Gasteiger partial charge in [0, 0.05) is 30.3 Å². The van der Waals surface area contributed by atoms with E-state index in [9.17, 15) is 18.0 Å². The molecular formula is C20H20F3N3O2. The Balaban J connectivity index is 1.59. The minimum absolute atomic E-state index is 0.0895. The number of carbonyl (C=O) groups is 1. The normalized spacial score (nSPS) is 19.1. The molecule has 4 rings (SSSR count). The van der Waals surface area contributed by atoms with Crippen LogP contribution in [0.5, 0.6) is 5.75 Å². The summed E-state index contributed by atoms with van der Waals surface area (Å²) in [6, 6.07) is 5.48. The highest BCUT2D eigenvalue weighted by Gasteiger charge is 2.35. The third-order valence-corrected chi connectivity index (χ3v) is 5.39. The molecular weight excluding hydrogens is 371 g/mol. The van der Waals surface area contributed by atoms with E-state index in [1.165, 1.54) is 6.07 Å². The van der Waals surface area contributed by atoms with Crippen molar-refractivity contribution in [2.24, 2.45) is 0 Å². The zero-order valence-electron chi connectivity index (χ0n) is 15.3. The first-order chi connectivity index (χ1) is 13.4. The molecule has 8 heteroatoms. The van der Waals surface area contributed by atoms with Crippen LogP contribution >= 0.6 is 0 Å². The van der Waals surface area contributed by atoms with Gasteiger partial charge in [0.25, 0.3) is 5.91 Å². The quantitative estimate of drug-likeness (QED) is 0.858. The van der Waals surface area contributed by atoms with Crippen molar-refractivity contribution >= 4 is 11.6 Å². The SMILES string of the molecule is COc1ccc(C(=O)Nc2cnc3c(c2)C2CCCN2CC3)cc1C(F)(F)F. The molecule has 1 fully saturated rings. The van der Waals surface area contributed by atoms with Crippen molar-refractivity contribution in [1.29, 1.82) is 0 Å². The molecule has 0 saturated carbocycles. The molecule has 2 aromatic rings. The Labute approximate surface area is 160 Å². The topological polar surface area (TPSA) is 54.5 Å². The Morgan fingerprint density at radius 1 is 1.29 bits per heavy atom. The van der Waals surface area contributed by atoms with E-state index < -0.39 is 17.6 Å². The number of ether oxygens (including phenoxy) is 1. The molecule has 1 aromatic carbocycles. The van der Waals surface area contributed by atoms with Crippen LogP contribution in [0.2, 0.25) is 0 Å². The Hall–Kier alpha value is -2.61. The van der Waals surface area contributed by atoms with Crippen LogP contribution in [0.15, 0.2) is 30.5 Å². The molecule has 0 bridgehead atoms. The molecule has 1 amide bonds. The summed E-state index contributed by atoms with van der Waals surface area (Å²) in [6.07, 6.45) is 0.0101. The van der Waals surface area contributed by atoms with Crippen molar-refractivity contribution in [2.75, 3.05) is 25.5 Å². The molecule has 0 radical (unpaired) electrons. The molecule has 0 spiro atoms. The average molecular weight is 391 g/mol. The van der Waals surface area contributed by atoms with E-state index in [0.29, 0.717) is 11.7 Å². The van der Waals surface area contributed by atoms with Gasteiger partial charge in [-0.15, -0.1) is 0 Å². The van der Waals surface area contributed by atoms with E-state index in [0.717, 1.165) is 62.9 Å². The highest BCUT2D eigenvalue weighted by Crippen LogP contribution is 2.38. The van der Waals surface area contributed by atoms with Crippen molar-refractivity contribution in [2.45, 2.75) is 31.5 Å². The van der Waals surface area contributed by atoms with Crippen molar-refractivity contribution in [3.8, 4) is 5.75 Å². The summed E-state index contributed by atoms with van der Waals surface area (Å²) in [5, 5.41) is 2.68. The Morgan fingerprint density at radius 3 is 2.86 bits per heavy atom.